The first-order valence-electron chi connectivity index (χ1n) is 5.62. The van der Waals surface area contributed by atoms with Gasteiger partial charge >= 0.3 is 5.69 Å². The molecule has 2 aromatic rings. The Morgan fingerprint density at radius 3 is 2.82 bits per heavy atom. The van der Waals surface area contributed by atoms with E-state index in [1.165, 1.54) is 0 Å². The Kier molecular flexibility index (Phi) is 2.63. The zero-order valence-electron chi connectivity index (χ0n) is 9.21. The number of rotatable bonds is 3. The zero-order chi connectivity index (χ0) is 11.8. The number of imidazole rings is 1. The Balaban J connectivity index is 1.85. The molecule has 0 radical (unpaired) electrons. The quantitative estimate of drug-likeness (QED) is 0.870. The zero-order valence-corrected chi connectivity index (χ0v) is 10.8. The van der Waals surface area contributed by atoms with Gasteiger partial charge in [0.05, 0.1) is 12.2 Å². The second kappa shape index (κ2) is 4.14. The molecule has 5 heteroatoms. The molecular weight excluding hydrogens is 282 g/mol. The van der Waals surface area contributed by atoms with Crippen molar-refractivity contribution in [3.63, 3.8) is 0 Å². The van der Waals surface area contributed by atoms with Gasteiger partial charge in [-0.1, -0.05) is 0 Å². The van der Waals surface area contributed by atoms with E-state index in [0.29, 0.717) is 12.6 Å². The summed E-state index contributed by atoms with van der Waals surface area (Å²) in [6.45, 7) is 0.534. The maximum Gasteiger partial charge on any atom is 0.328 e. The minimum absolute atomic E-state index is 0.0669. The van der Waals surface area contributed by atoms with E-state index in [9.17, 15) is 4.79 Å². The van der Waals surface area contributed by atoms with Crippen LogP contribution in [-0.2, 0) is 6.54 Å². The topological polar surface area (TPSA) is 39.8 Å². The van der Waals surface area contributed by atoms with Crippen LogP contribution in [0.1, 0.15) is 24.6 Å². The molecular formula is C12H12BrN3O. The highest BCUT2D eigenvalue weighted by atomic mass is 79.9. The monoisotopic (exact) mass is 293 g/mol. The summed E-state index contributed by atoms with van der Waals surface area (Å²) < 4.78 is 4.47. The second-order valence-corrected chi connectivity index (χ2v) is 5.23. The normalized spacial score (nSPS) is 15.1. The standard InChI is InChI=1S/C12H12BrN3O/c13-9-1-2-10(14-7-9)8-15-5-6-16(12(15)17)11-3-4-11/h1-2,5-7,11H,3-4,8H2. The average molecular weight is 294 g/mol. The highest BCUT2D eigenvalue weighted by Crippen LogP contribution is 2.33. The fourth-order valence-corrected chi connectivity index (χ4v) is 2.09. The average Bonchev–Trinajstić information content (AvgIpc) is 3.10. The number of halogens is 1. The van der Waals surface area contributed by atoms with Crippen molar-refractivity contribution in [3.8, 4) is 0 Å². The Morgan fingerprint density at radius 1 is 1.35 bits per heavy atom. The van der Waals surface area contributed by atoms with E-state index >= 15 is 0 Å². The lowest BCUT2D eigenvalue weighted by Gasteiger charge is -2.01. The van der Waals surface area contributed by atoms with Crippen molar-refractivity contribution < 1.29 is 0 Å². The Morgan fingerprint density at radius 2 is 2.18 bits per heavy atom. The lowest BCUT2D eigenvalue weighted by molar-refractivity contribution is 0.651. The third-order valence-electron chi connectivity index (χ3n) is 2.94. The van der Waals surface area contributed by atoms with E-state index in [1.54, 1.807) is 10.8 Å². The van der Waals surface area contributed by atoms with Crippen molar-refractivity contribution in [3.05, 3.63) is 51.4 Å². The summed E-state index contributed by atoms with van der Waals surface area (Å²) >= 11 is 3.34. The van der Waals surface area contributed by atoms with Crippen LogP contribution in [0, 0.1) is 0 Å². The third-order valence-corrected chi connectivity index (χ3v) is 3.40. The summed E-state index contributed by atoms with van der Waals surface area (Å²) in [6, 6.07) is 4.29. The minimum atomic E-state index is 0.0669. The molecule has 0 spiro atoms. The van der Waals surface area contributed by atoms with Crippen LogP contribution in [0.3, 0.4) is 0 Å². The molecule has 1 saturated carbocycles. The van der Waals surface area contributed by atoms with Crippen LogP contribution in [0.25, 0.3) is 0 Å². The van der Waals surface area contributed by atoms with E-state index in [4.69, 9.17) is 0 Å². The summed E-state index contributed by atoms with van der Waals surface area (Å²) in [5.74, 6) is 0. The molecule has 0 N–H and O–H groups in total. The van der Waals surface area contributed by atoms with Gasteiger partial charge in [0.1, 0.15) is 0 Å². The van der Waals surface area contributed by atoms with Gasteiger partial charge in [-0.25, -0.2) is 4.79 Å². The fraction of sp³-hybridized carbons (Fsp3) is 0.333. The molecule has 3 rings (SSSR count). The van der Waals surface area contributed by atoms with E-state index in [1.807, 2.05) is 29.1 Å². The van der Waals surface area contributed by atoms with Gasteiger partial charge in [0.15, 0.2) is 0 Å². The first-order chi connectivity index (χ1) is 8.24. The van der Waals surface area contributed by atoms with Crippen molar-refractivity contribution in [2.45, 2.75) is 25.4 Å². The van der Waals surface area contributed by atoms with E-state index in [-0.39, 0.29) is 5.69 Å². The van der Waals surface area contributed by atoms with Gasteiger partial charge in [-0.05, 0) is 40.9 Å². The van der Waals surface area contributed by atoms with Gasteiger partial charge in [0.25, 0.3) is 0 Å². The maximum absolute atomic E-state index is 12.0. The molecule has 88 valence electrons. The Hall–Kier alpha value is -1.36. The van der Waals surface area contributed by atoms with Gasteiger partial charge < -0.3 is 0 Å². The lowest BCUT2D eigenvalue weighted by Crippen LogP contribution is -2.24. The van der Waals surface area contributed by atoms with Crippen LogP contribution in [0.2, 0.25) is 0 Å². The lowest BCUT2D eigenvalue weighted by atomic mass is 10.3. The molecule has 0 aliphatic heterocycles. The molecule has 0 bridgehead atoms. The molecule has 0 amide bonds. The molecule has 1 fully saturated rings. The molecule has 0 aromatic carbocycles. The molecule has 1 aliphatic rings. The largest absolute Gasteiger partial charge is 0.328 e. The summed E-state index contributed by atoms with van der Waals surface area (Å²) in [4.78, 5) is 16.3. The van der Waals surface area contributed by atoms with Gasteiger partial charge in [-0.2, -0.15) is 0 Å². The van der Waals surface area contributed by atoms with Crippen LogP contribution in [0.5, 0.6) is 0 Å². The van der Waals surface area contributed by atoms with Gasteiger partial charge in [-0.3, -0.25) is 14.1 Å². The summed E-state index contributed by atoms with van der Waals surface area (Å²) in [5, 5.41) is 0. The Bertz CT molecular complexity index is 581. The smallest absolute Gasteiger partial charge is 0.296 e. The van der Waals surface area contributed by atoms with Crippen molar-refractivity contribution in [2.24, 2.45) is 0 Å². The number of nitrogens with zero attached hydrogens (tertiary/aromatic N) is 3. The number of pyridine rings is 1. The first kappa shape index (κ1) is 10.8. The SMILES string of the molecule is O=c1n(Cc2ccc(Br)cn2)ccn1C1CC1. The molecule has 4 nitrogen and oxygen atoms in total. The molecule has 0 atom stereocenters. The number of hydrogen-bond donors (Lipinski definition) is 0. The molecule has 17 heavy (non-hydrogen) atoms. The highest BCUT2D eigenvalue weighted by molar-refractivity contribution is 9.10. The maximum atomic E-state index is 12.0. The summed E-state index contributed by atoms with van der Waals surface area (Å²) in [7, 11) is 0. The minimum Gasteiger partial charge on any atom is -0.296 e. The van der Waals surface area contributed by atoms with Gasteiger partial charge in [-0.15, -0.1) is 0 Å². The summed E-state index contributed by atoms with van der Waals surface area (Å²) in [6.07, 6.45) is 7.71. The summed E-state index contributed by atoms with van der Waals surface area (Å²) in [5.41, 5.74) is 0.959. The van der Waals surface area contributed by atoms with Gasteiger partial charge in [0.2, 0.25) is 0 Å². The number of hydrogen-bond acceptors (Lipinski definition) is 2. The second-order valence-electron chi connectivity index (χ2n) is 4.31. The van der Waals surface area contributed by atoms with Crippen LogP contribution in [0.4, 0.5) is 0 Å². The van der Waals surface area contributed by atoms with E-state index in [2.05, 4.69) is 20.9 Å². The van der Waals surface area contributed by atoms with E-state index < -0.39 is 0 Å². The first-order valence-corrected chi connectivity index (χ1v) is 6.41. The molecule has 0 unspecified atom stereocenters. The highest BCUT2D eigenvalue weighted by Gasteiger charge is 2.25. The molecule has 2 heterocycles. The fourth-order valence-electron chi connectivity index (χ4n) is 1.85. The van der Waals surface area contributed by atoms with Crippen LogP contribution in [-0.4, -0.2) is 14.1 Å². The van der Waals surface area contributed by atoms with Gasteiger partial charge in [0, 0.05) is 29.1 Å². The van der Waals surface area contributed by atoms with E-state index in [0.717, 1.165) is 23.0 Å². The van der Waals surface area contributed by atoms with Crippen molar-refractivity contribution in [2.75, 3.05) is 0 Å². The van der Waals surface area contributed by atoms with Crippen LogP contribution in [0.15, 0.2) is 40.0 Å². The number of aromatic nitrogens is 3. The molecule has 0 saturated heterocycles. The van der Waals surface area contributed by atoms with Crippen molar-refractivity contribution in [1.29, 1.82) is 0 Å². The van der Waals surface area contributed by atoms with Crippen LogP contribution >= 0.6 is 15.9 Å². The molecule has 2 aromatic heterocycles. The predicted octanol–water partition coefficient (Wildman–Crippen LogP) is 2.19. The van der Waals surface area contributed by atoms with Crippen molar-refractivity contribution in [1.82, 2.24) is 14.1 Å². The van der Waals surface area contributed by atoms with Crippen molar-refractivity contribution >= 4 is 15.9 Å². The predicted molar refractivity (Wildman–Crippen MR) is 68.0 cm³/mol. The Labute approximate surface area is 107 Å². The molecule has 1 aliphatic carbocycles. The van der Waals surface area contributed by atoms with Crippen LogP contribution < -0.4 is 5.69 Å². The third kappa shape index (κ3) is 2.20.